The van der Waals surface area contributed by atoms with Gasteiger partial charge in [-0.2, -0.15) is 0 Å². The average molecular weight is 423 g/mol. The minimum atomic E-state index is -0.572. The molecule has 1 N–H and O–H groups in total. The Morgan fingerprint density at radius 2 is 1.97 bits per heavy atom. The average Bonchev–Trinajstić information content (AvgIpc) is 2.64. The van der Waals surface area contributed by atoms with Crippen molar-refractivity contribution in [1.29, 1.82) is 0 Å². The Morgan fingerprint density at radius 1 is 1.28 bits per heavy atom. The van der Waals surface area contributed by atoms with E-state index in [0.29, 0.717) is 18.3 Å². The number of hydrogen-bond donors (Lipinski definition) is 1. The minimum Gasteiger partial charge on any atom is -0.494 e. The quantitative estimate of drug-likeness (QED) is 0.324. The molecule has 0 spiro atoms. The number of alkyl halides is 1. The van der Waals surface area contributed by atoms with Crippen LogP contribution in [-0.4, -0.2) is 35.4 Å². The highest BCUT2D eigenvalue weighted by atomic mass is 35.5. The molecule has 4 bridgehead atoms. The van der Waals surface area contributed by atoms with Crippen LogP contribution in [0.2, 0.25) is 0 Å². The second kappa shape index (κ2) is 7.16. The number of halogens is 1. The van der Waals surface area contributed by atoms with E-state index >= 15 is 0 Å². The van der Waals surface area contributed by atoms with Crippen molar-refractivity contribution in [1.82, 2.24) is 0 Å². The summed E-state index contributed by atoms with van der Waals surface area (Å²) < 4.78 is 10.5. The van der Waals surface area contributed by atoms with Gasteiger partial charge in [-0.15, -0.1) is 11.6 Å². The van der Waals surface area contributed by atoms with Crippen molar-refractivity contribution in [3.05, 3.63) is 28.3 Å². The number of hydrogen-bond acceptors (Lipinski definition) is 6. The van der Waals surface area contributed by atoms with Gasteiger partial charge in [-0.25, -0.2) is 0 Å². The van der Waals surface area contributed by atoms with Crippen LogP contribution in [0.5, 0.6) is 5.75 Å². The standard InChI is InChI=1S/C20H23ClN2O6/c1-28-16-5-14(23(26)27)2-3-15(16)22-17(24)10-29-18(25)19-6-12-4-13(7-19)9-20(21,8-12)11-19/h2-3,5,12-13H,4,6-11H2,1H3,(H,22,24)/t12-,13+,19?,20?. The van der Waals surface area contributed by atoms with Crippen LogP contribution in [0.15, 0.2) is 18.2 Å². The van der Waals surface area contributed by atoms with E-state index in [0.717, 1.165) is 32.1 Å². The number of benzene rings is 1. The van der Waals surface area contributed by atoms with E-state index < -0.39 is 22.9 Å². The van der Waals surface area contributed by atoms with Crippen molar-refractivity contribution in [2.24, 2.45) is 17.3 Å². The number of anilines is 1. The fourth-order valence-electron chi connectivity index (χ4n) is 5.76. The molecule has 4 atom stereocenters. The highest BCUT2D eigenvalue weighted by Gasteiger charge is 2.60. The molecule has 4 saturated carbocycles. The number of esters is 1. The van der Waals surface area contributed by atoms with Crippen molar-refractivity contribution < 1.29 is 24.0 Å². The maximum absolute atomic E-state index is 12.9. The molecule has 4 fully saturated rings. The monoisotopic (exact) mass is 422 g/mol. The lowest BCUT2D eigenvalue weighted by atomic mass is 9.49. The normalized spacial score (nSPS) is 31.9. The van der Waals surface area contributed by atoms with Crippen molar-refractivity contribution in [2.75, 3.05) is 19.0 Å². The Morgan fingerprint density at radius 3 is 2.55 bits per heavy atom. The molecular weight excluding hydrogens is 400 g/mol. The second-order valence-electron chi connectivity index (χ2n) is 8.66. The number of nitro groups is 1. The highest BCUT2D eigenvalue weighted by molar-refractivity contribution is 6.24. The number of methoxy groups -OCH3 is 1. The summed E-state index contributed by atoms with van der Waals surface area (Å²) >= 11 is 6.75. The Balaban J connectivity index is 1.38. The molecule has 29 heavy (non-hydrogen) atoms. The molecule has 0 saturated heterocycles. The first-order chi connectivity index (χ1) is 13.7. The fraction of sp³-hybridized carbons (Fsp3) is 0.600. The third-order valence-electron chi connectivity index (χ3n) is 6.43. The fourth-order valence-corrected chi connectivity index (χ4v) is 6.45. The number of amides is 1. The van der Waals surface area contributed by atoms with E-state index in [9.17, 15) is 19.7 Å². The zero-order valence-electron chi connectivity index (χ0n) is 16.1. The molecule has 1 aromatic carbocycles. The maximum Gasteiger partial charge on any atom is 0.312 e. The lowest BCUT2D eigenvalue weighted by Gasteiger charge is -2.58. The predicted octanol–water partition coefficient (Wildman–Crippen LogP) is 3.66. The summed E-state index contributed by atoms with van der Waals surface area (Å²) in [5.74, 6) is 0.196. The molecule has 1 aromatic rings. The largest absolute Gasteiger partial charge is 0.494 e. The molecule has 156 valence electrons. The topological polar surface area (TPSA) is 108 Å². The van der Waals surface area contributed by atoms with Gasteiger partial charge in [0, 0.05) is 10.9 Å². The zero-order chi connectivity index (χ0) is 20.8. The Kier molecular flexibility index (Phi) is 4.93. The number of nitro benzene ring substituents is 1. The molecule has 9 heteroatoms. The van der Waals surface area contributed by atoms with E-state index in [4.69, 9.17) is 21.1 Å². The Labute approximate surface area is 173 Å². The van der Waals surface area contributed by atoms with E-state index in [1.54, 1.807) is 0 Å². The first kappa shape index (κ1) is 19.9. The zero-order valence-corrected chi connectivity index (χ0v) is 16.9. The molecule has 1 amide bonds. The number of carbonyl (C=O) groups is 2. The van der Waals surface area contributed by atoms with Gasteiger partial charge in [0.2, 0.25) is 0 Å². The molecule has 2 unspecified atom stereocenters. The van der Waals surface area contributed by atoms with Gasteiger partial charge in [0.25, 0.3) is 11.6 Å². The second-order valence-corrected chi connectivity index (χ2v) is 9.46. The Bertz CT molecular complexity index is 859. The van der Waals surface area contributed by atoms with Crippen LogP contribution in [0.25, 0.3) is 0 Å². The summed E-state index contributed by atoms with van der Waals surface area (Å²) in [6, 6.07) is 3.86. The summed E-state index contributed by atoms with van der Waals surface area (Å²) in [7, 11) is 1.35. The van der Waals surface area contributed by atoms with Crippen molar-refractivity contribution in [3.8, 4) is 5.75 Å². The van der Waals surface area contributed by atoms with Crippen LogP contribution in [0, 0.1) is 27.4 Å². The molecular formula is C20H23ClN2O6. The summed E-state index contributed by atoms with van der Waals surface area (Å²) in [6.45, 7) is -0.425. The van der Waals surface area contributed by atoms with E-state index in [1.807, 2.05) is 0 Å². The maximum atomic E-state index is 12.9. The first-order valence-corrected chi connectivity index (χ1v) is 10.1. The summed E-state index contributed by atoms with van der Waals surface area (Å²) in [6.07, 6.45) is 5.24. The SMILES string of the molecule is COc1cc([N+](=O)[O-])ccc1NC(=O)COC(=O)C12C[C@@H]3C[C@@H](CC(Cl)(C3)C1)C2. The number of carbonyl (C=O) groups excluding carboxylic acids is 2. The highest BCUT2D eigenvalue weighted by Crippen LogP contribution is 2.64. The molecule has 4 aliphatic rings. The van der Waals surface area contributed by atoms with Crippen LogP contribution < -0.4 is 10.1 Å². The predicted molar refractivity (Wildman–Crippen MR) is 105 cm³/mol. The van der Waals surface area contributed by atoms with Gasteiger partial charge in [0.05, 0.1) is 29.2 Å². The molecule has 5 rings (SSSR count). The lowest BCUT2D eigenvalue weighted by Crippen LogP contribution is -2.56. The van der Waals surface area contributed by atoms with Gasteiger partial charge < -0.3 is 14.8 Å². The van der Waals surface area contributed by atoms with Crippen LogP contribution in [-0.2, 0) is 14.3 Å². The molecule has 0 aromatic heterocycles. The van der Waals surface area contributed by atoms with Crippen LogP contribution in [0.4, 0.5) is 11.4 Å². The third-order valence-corrected chi connectivity index (χ3v) is 6.87. The van der Waals surface area contributed by atoms with Gasteiger partial charge >= 0.3 is 5.97 Å². The molecule has 0 heterocycles. The van der Waals surface area contributed by atoms with Crippen LogP contribution in [0.3, 0.4) is 0 Å². The van der Waals surface area contributed by atoms with E-state index in [2.05, 4.69) is 5.32 Å². The van der Waals surface area contributed by atoms with Gasteiger partial charge in [-0.3, -0.25) is 19.7 Å². The number of rotatable bonds is 6. The molecule has 0 aliphatic heterocycles. The minimum absolute atomic E-state index is 0.150. The van der Waals surface area contributed by atoms with E-state index in [1.165, 1.54) is 25.3 Å². The summed E-state index contributed by atoms with van der Waals surface area (Å²) in [5.41, 5.74) is -0.450. The lowest BCUT2D eigenvalue weighted by molar-refractivity contribution is -0.384. The number of nitrogens with zero attached hydrogens (tertiary/aromatic N) is 1. The van der Waals surface area contributed by atoms with Gasteiger partial charge in [0.15, 0.2) is 6.61 Å². The number of ether oxygens (including phenoxy) is 2. The molecule has 8 nitrogen and oxygen atoms in total. The number of nitrogens with one attached hydrogen (secondary N) is 1. The van der Waals surface area contributed by atoms with Crippen molar-refractivity contribution in [3.63, 3.8) is 0 Å². The van der Waals surface area contributed by atoms with Crippen molar-refractivity contribution >= 4 is 34.9 Å². The van der Waals surface area contributed by atoms with Crippen LogP contribution >= 0.6 is 11.6 Å². The first-order valence-electron chi connectivity index (χ1n) is 9.70. The summed E-state index contributed by atoms with van der Waals surface area (Å²) in [4.78, 5) is 35.2. The molecule has 4 aliphatic carbocycles. The van der Waals surface area contributed by atoms with Gasteiger partial charge in [-0.05, 0) is 56.4 Å². The third kappa shape index (κ3) is 3.77. The number of non-ortho nitro benzene ring substituents is 1. The molecule has 0 radical (unpaired) electrons. The van der Waals surface area contributed by atoms with Crippen molar-refractivity contribution in [2.45, 2.75) is 43.4 Å². The smallest absolute Gasteiger partial charge is 0.312 e. The van der Waals surface area contributed by atoms with Crippen LogP contribution in [0.1, 0.15) is 38.5 Å². The van der Waals surface area contributed by atoms with Gasteiger partial charge in [0.1, 0.15) is 5.75 Å². The van der Waals surface area contributed by atoms with E-state index in [-0.39, 0.29) is 28.0 Å². The van der Waals surface area contributed by atoms with Gasteiger partial charge in [-0.1, -0.05) is 0 Å². The Hall–Kier alpha value is -2.35. The summed E-state index contributed by atoms with van der Waals surface area (Å²) in [5, 5.41) is 13.4.